The molecule has 1 fully saturated rings. The third-order valence-electron chi connectivity index (χ3n) is 5.12. The Kier molecular flexibility index (Phi) is 5.92. The molecule has 0 bridgehead atoms. The first-order chi connectivity index (χ1) is 15.1. The summed E-state index contributed by atoms with van der Waals surface area (Å²) in [4.78, 5) is 24.9. The van der Waals surface area contributed by atoms with Gasteiger partial charge in [0, 0.05) is 35.4 Å². The summed E-state index contributed by atoms with van der Waals surface area (Å²) in [6, 6.07) is 6.87. The Labute approximate surface area is 178 Å². The Morgan fingerprint density at radius 3 is 2.87 bits per heavy atom. The van der Waals surface area contributed by atoms with Gasteiger partial charge in [-0.15, -0.1) is 0 Å². The molecule has 1 aliphatic carbocycles. The first-order valence-electron chi connectivity index (χ1n) is 10.0. The van der Waals surface area contributed by atoms with Crippen molar-refractivity contribution in [3.8, 4) is 0 Å². The Morgan fingerprint density at radius 2 is 2.10 bits per heavy atom. The number of carbonyl (C=O) groups is 1. The van der Waals surface area contributed by atoms with E-state index in [-0.39, 0.29) is 12.3 Å². The second-order valence-electron chi connectivity index (χ2n) is 7.50. The minimum atomic E-state index is -0.267. The highest BCUT2D eigenvalue weighted by atomic mass is 19.1. The van der Waals surface area contributed by atoms with Crippen molar-refractivity contribution in [1.29, 1.82) is 0 Å². The molecule has 0 atom stereocenters. The maximum atomic E-state index is 13.8. The highest BCUT2D eigenvalue weighted by Crippen LogP contribution is 2.37. The van der Waals surface area contributed by atoms with E-state index in [0.717, 1.165) is 40.5 Å². The Hall–Kier alpha value is -3.75. The number of benzene rings is 1. The van der Waals surface area contributed by atoms with Gasteiger partial charge in [-0.3, -0.25) is 9.79 Å². The van der Waals surface area contributed by atoms with Crippen molar-refractivity contribution >= 4 is 35.0 Å². The zero-order chi connectivity index (χ0) is 21.8. The molecule has 1 saturated carbocycles. The number of hydrogen-bond acceptors (Lipinski definition) is 6. The summed E-state index contributed by atoms with van der Waals surface area (Å²) >= 11 is 0. The van der Waals surface area contributed by atoms with Gasteiger partial charge in [0.1, 0.15) is 17.5 Å². The van der Waals surface area contributed by atoms with Crippen molar-refractivity contribution in [3.63, 3.8) is 0 Å². The van der Waals surface area contributed by atoms with Gasteiger partial charge >= 0.3 is 0 Å². The van der Waals surface area contributed by atoms with Gasteiger partial charge in [-0.25, -0.2) is 9.37 Å². The lowest BCUT2D eigenvalue weighted by Crippen LogP contribution is -2.12. The average molecular weight is 422 g/mol. The van der Waals surface area contributed by atoms with E-state index in [1.807, 2.05) is 25.3 Å². The topological polar surface area (TPSA) is 115 Å². The number of aliphatic imine (C=N–C) groups is 1. The van der Waals surface area contributed by atoms with Crippen LogP contribution in [-0.2, 0) is 11.3 Å². The molecule has 0 amide bonds. The maximum absolute atomic E-state index is 13.8. The molecule has 5 rings (SSSR count). The van der Waals surface area contributed by atoms with Crippen molar-refractivity contribution in [2.45, 2.75) is 26.3 Å². The molecule has 8 nitrogen and oxygen atoms in total. The molecule has 0 radical (unpaired) electrons. The molecule has 3 heterocycles. The van der Waals surface area contributed by atoms with E-state index in [1.165, 1.54) is 30.5 Å². The number of carboxylic acid groups (broad SMARTS) is 1. The van der Waals surface area contributed by atoms with Gasteiger partial charge in [-0.1, -0.05) is 0 Å². The van der Waals surface area contributed by atoms with Crippen LogP contribution < -0.4 is 10.6 Å². The van der Waals surface area contributed by atoms with Crippen molar-refractivity contribution in [3.05, 3.63) is 59.2 Å². The second kappa shape index (κ2) is 8.95. The fourth-order valence-electron chi connectivity index (χ4n) is 3.59. The summed E-state index contributed by atoms with van der Waals surface area (Å²) in [5.74, 6) is 2.51. The van der Waals surface area contributed by atoms with Crippen LogP contribution in [-0.4, -0.2) is 38.9 Å². The summed E-state index contributed by atoms with van der Waals surface area (Å²) in [7, 11) is 0. The number of hydrogen-bond donors (Lipinski definition) is 4. The van der Waals surface area contributed by atoms with Gasteiger partial charge < -0.3 is 20.7 Å². The number of aromatic nitrogens is 3. The molecule has 160 valence electrons. The van der Waals surface area contributed by atoms with Crippen molar-refractivity contribution in [1.82, 2.24) is 15.0 Å². The fourth-order valence-corrected chi connectivity index (χ4v) is 3.59. The van der Waals surface area contributed by atoms with Crippen LogP contribution in [0, 0.1) is 18.7 Å². The van der Waals surface area contributed by atoms with Gasteiger partial charge in [-0.05, 0) is 61.1 Å². The highest BCUT2D eigenvalue weighted by molar-refractivity contribution is 6.05. The minimum Gasteiger partial charge on any atom is -0.483 e. The lowest BCUT2D eigenvalue weighted by atomic mass is 10.1. The van der Waals surface area contributed by atoms with Gasteiger partial charge in [0.2, 0.25) is 5.95 Å². The molecular formula is C22H23FN6O2. The number of rotatable bonds is 5. The lowest BCUT2D eigenvalue weighted by Gasteiger charge is -2.10. The van der Waals surface area contributed by atoms with Crippen LogP contribution in [0.4, 0.5) is 16.2 Å². The monoisotopic (exact) mass is 422 g/mol. The van der Waals surface area contributed by atoms with E-state index in [9.17, 15) is 4.39 Å². The number of amidine groups is 1. The van der Waals surface area contributed by atoms with E-state index >= 15 is 0 Å². The van der Waals surface area contributed by atoms with Crippen LogP contribution in [0.15, 0.2) is 47.1 Å². The molecule has 0 unspecified atom stereocenters. The Morgan fingerprint density at radius 1 is 1.29 bits per heavy atom. The molecule has 0 spiro atoms. The van der Waals surface area contributed by atoms with Crippen LogP contribution in [0.25, 0.3) is 10.9 Å². The number of anilines is 2. The third-order valence-corrected chi connectivity index (χ3v) is 5.12. The first-order valence-corrected chi connectivity index (χ1v) is 10.0. The van der Waals surface area contributed by atoms with E-state index in [0.29, 0.717) is 18.3 Å². The summed E-state index contributed by atoms with van der Waals surface area (Å²) in [6.07, 6.45) is 6.51. The Bertz CT molecular complexity index is 1170. The number of halogens is 1. The van der Waals surface area contributed by atoms with Gasteiger partial charge in [-0.2, -0.15) is 4.98 Å². The fraction of sp³-hybridized carbons (Fsp3) is 0.273. The van der Waals surface area contributed by atoms with Gasteiger partial charge in [0.25, 0.3) is 6.47 Å². The first kappa shape index (κ1) is 20.5. The molecular weight excluding hydrogens is 399 g/mol. The van der Waals surface area contributed by atoms with Crippen molar-refractivity contribution in [2.24, 2.45) is 10.9 Å². The zero-order valence-corrected chi connectivity index (χ0v) is 17.0. The van der Waals surface area contributed by atoms with Crippen LogP contribution >= 0.6 is 0 Å². The smallest absolute Gasteiger partial charge is 0.290 e. The third kappa shape index (κ3) is 5.06. The second-order valence-corrected chi connectivity index (χ2v) is 7.50. The molecule has 4 N–H and O–H groups in total. The van der Waals surface area contributed by atoms with Crippen LogP contribution in [0.3, 0.4) is 0 Å². The van der Waals surface area contributed by atoms with Crippen molar-refractivity contribution < 1.29 is 14.3 Å². The van der Waals surface area contributed by atoms with Crippen LogP contribution in [0.5, 0.6) is 0 Å². The molecule has 3 aromatic rings. The number of nitrogens with zero attached hydrogens (tertiary/aromatic N) is 3. The molecule has 9 heteroatoms. The van der Waals surface area contributed by atoms with E-state index in [4.69, 9.17) is 9.90 Å². The van der Waals surface area contributed by atoms with Crippen molar-refractivity contribution in [2.75, 3.05) is 17.2 Å². The molecule has 1 aliphatic heterocycles. The molecule has 0 saturated heterocycles. The quantitative estimate of drug-likeness (QED) is 0.464. The molecule has 2 aromatic heterocycles. The average Bonchev–Trinajstić information content (AvgIpc) is 3.28. The van der Waals surface area contributed by atoms with E-state index in [2.05, 4.69) is 36.7 Å². The normalized spacial score (nSPS) is 15.0. The predicted octanol–water partition coefficient (Wildman–Crippen LogP) is 3.88. The maximum Gasteiger partial charge on any atom is 0.290 e. The highest BCUT2D eigenvalue weighted by Gasteiger charge is 2.27. The van der Waals surface area contributed by atoms with E-state index in [1.54, 1.807) is 0 Å². The number of H-pyrrole nitrogens is 1. The minimum absolute atomic E-state index is 0.250. The number of nitrogens with one attached hydrogen (secondary N) is 3. The molecule has 31 heavy (non-hydrogen) atoms. The van der Waals surface area contributed by atoms with E-state index < -0.39 is 0 Å². The van der Waals surface area contributed by atoms with Crippen LogP contribution in [0.1, 0.15) is 24.1 Å². The summed E-state index contributed by atoms with van der Waals surface area (Å²) in [5.41, 5.74) is 3.89. The number of aryl methyl sites for hydroxylation is 1. The standard InChI is InChI=1S/C21H21FN6.CH2O2/c1-12-6-20(27-19-8-14(10-24-19)13-2-3-13)28-21(26-12)25-11-15-7-16(22)9-18-17(15)4-5-23-18;2-1-3/h4-9,13,23H,2-3,10-11H2,1H3,(H2,24,25,26,27,28);1H,(H,2,3). The number of aromatic amines is 1. The Balaban J connectivity index is 0.000000730. The largest absolute Gasteiger partial charge is 0.483 e. The summed E-state index contributed by atoms with van der Waals surface area (Å²) < 4.78 is 13.8. The molecule has 2 aliphatic rings. The zero-order valence-electron chi connectivity index (χ0n) is 17.0. The summed E-state index contributed by atoms with van der Waals surface area (Å²) in [6.45, 7) is 2.89. The van der Waals surface area contributed by atoms with Gasteiger partial charge in [0.15, 0.2) is 0 Å². The SMILES string of the molecule is Cc1cc(NC2=NCC(C3CC3)=C2)nc(NCc2cc(F)cc3[nH]ccc23)n1.O=CO. The molecule has 1 aromatic carbocycles. The van der Waals surface area contributed by atoms with Crippen LogP contribution in [0.2, 0.25) is 0 Å². The lowest BCUT2D eigenvalue weighted by molar-refractivity contribution is -0.122. The summed E-state index contributed by atoms with van der Waals surface area (Å²) in [5, 5.41) is 14.4. The number of fused-ring (bicyclic) bond motifs is 1. The predicted molar refractivity (Wildman–Crippen MR) is 118 cm³/mol. The van der Waals surface area contributed by atoms with Gasteiger partial charge in [0.05, 0.1) is 6.54 Å².